The smallest absolute Gasteiger partial charge is 0.191 e. The molecule has 2 saturated carbocycles. The summed E-state index contributed by atoms with van der Waals surface area (Å²) in [6.07, 6.45) is 6.97. The first kappa shape index (κ1) is 19.0. The van der Waals surface area contributed by atoms with Crippen LogP contribution in [0.15, 0.2) is 35.3 Å². The SMILES string of the molecule is CN=C(NC(C)c1ccccc1)NC1C2CCOC2C12CCCC2.I. The van der Waals surface area contributed by atoms with Gasteiger partial charge in [-0.15, -0.1) is 24.0 Å². The van der Waals surface area contributed by atoms with E-state index in [1.807, 2.05) is 7.05 Å². The topological polar surface area (TPSA) is 45.7 Å². The van der Waals surface area contributed by atoms with E-state index in [1.165, 1.54) is 37.7 Å². The summed E-state index contributed by atoms with van der Waals surface area (Å²) in [4.78, 5) is 4.50. The Morgan fingerprint density at radius 3 is 2.64 bits per heavy atom. The molecule has 4 unspecified atom stereocenters. The molecular formula is C20H30IN3O. The number of ether oxygens (including phenoxy) is 1. The molecule has 5 heteroatoms. The predicted octanol–water partition coefficient (Wildman–Crippen LogP) is 3.88. The molecule has 138 valence electrons. The van der Waals surface area contributed by atoms with Gasteiger partial charge < -0.3 is 15.4 Å². The number of hydrogen-bond donors (Lipinski definition) is 2. The predicted molar refractivity (Wildman–Crippen MR) is 112 cm³/mol. The van der Waals surface area contributed by atoms with E-state index in [-0.39, 0.29) is 30.0 Å². The van der Waals surface area contributed by atoms with Crippen molar-refractivity contribution in [2.45, 2.75) is 57.2 Å². The Morgan fingerprint density at radius 1 is 1.24 bits per heavy atom. The number of hydrogen-bond acceptors (Lipinski definition) is 2. The van der Waals surface area contributed by atoms with E-state index >= 15 is 0 Å². The average molecular weight is 455 g/mol. The molecule has 2 aliphatic carbocycles. The van der Waals surface area contributed by atoms with Crippen LogP contribution in [0.25, 0.3) is 0 Å². The largest absolute Gasteiger partial charge is 0.377 e. The highest BCUT2D eigenvalue weighted by Crippen LogP contribution is 2.60. The van der Waals surface area contributed by atoms with E-state index < -0.39 is 0 Å². The summed E-state index contributed by atoms with van der Waals surface area (Å²) in [7, 11) is 1.87. The minimum Gasteiger partial charge on any atom is -0.377 e. The Hall–Kier alpha value is -0.820. The molecule has 4 rings (SSSR count). The van der Waals surface area contributed by atoms with Crippen LogP contribution in [0.3, 0.4) is 0 Å². The molecule has 0 aromatic heterocycles. The molecule has 0 radical (unpaired) electrons. The van der Waals surface area contributed by atoms with Crippen LogP contribution in [-0.4, -0.2) is 31.8 Å². The van der Waals surface area contributed by atoms with E-state index in [2.05, 4.69) is 52.9 Å². The third-order valence-corrected chi connectivity index (χ3v) is 6.45. The molecule has 1 spiro atoms. The van der Waals surface area contributed by atoms with E-state index in [0.717, 1.165) is 12.6 Å². The lowest BCUT2D eigenvalue weighted by atomic mass is 9.54. The summed E-state index contributed by atoms with van der Waals surface area (Å²) in [6.45, 7) is 3.12. The van der Waals surface area contributed by atoms with Crippen LogP contribution in [0.1, 0.15) is 50.6 Å². The normalized spacial score (nSPS) is 31.0. The summed E-state index contributed by atoms with van der Waals surface area (Å²) in [5.74, 6) is 1.58. The molecule has 1 aliphatic heterocycles. The summed E-state index contributed by atoms with van der Waals surface area (Å²) >= 11 is 0. The Bertz CT molecular complexity index is 600. The lowest BCUT2D eigenvalue weighted by Gasteiger charge is -2.57. The lowest BCUT2D eigenvalue weighted by molar-refractivity contribution is -0.125. The monoisotopic (exact) mass is 455 g/mol. The summed E-state index contributed by atoms with van der Waals surface area (Å²) < 4.78 is 6.09. The van der Waals surface area contributed by atoms with Gasteiger partial charge in [-0.1, -0.05) is 43.2 Å². The minimum absolute atomic E-state index is 0. The molecule has 3 aliphatic rings. The fraction of sp³-hybridized carbons (Fsp3) is 0.650. The van der Waals surface area contributed by atoms with Crippen molar-refractivity contribution in [2.24, 2.45) is 16.3 Å². The van der Waals surface area contributed by atoms with Crippen molar-refractivity contribution in [3.05, 3.63) is 35.9 Å². The molecule has 4 atom stereocenters. The van der Waals surface area contributed by atoms with Crippen LogP contribution in [0, 0.1) is 11.3 Å². The van der Waals surface area contributed by atoms with Gasteiger partial charge in [0.25, 0.3) is 0 Å². The first-order valence-corrected chi connectivity index (χ1v) is 9.41. The summed E-state index contributed by atoms with van der Waals surface area (Å²) in [6, 6.07) is 11.3. The standard InChI is InChI=1S/C20H29N3O.HI/c1-14(15-8-4-3-5-9-15)22-19(21-2)23-17-16-10-13-24-18(16)20(17)11-6-7-12-20;/h3-5,8-9,14,16-18H,6-7,10-13H2,1-2H3,(H2,21,22,23);1H. The van der Waals surface area contributed by atoms with E-state index in [4.69, 9.17) is 4.74 Å². The van der Waals surface area contributed by atoms with Gasteiger partial charge in [0.1, 0.15) is 0 Å². The molecule has 2 N–H and O–H groups in total. The Balaban J connectivity index is 0.00000182. The van der Waals surface area contributed by atoms with Gasteiger partial charge >= 0.3 is 0 Å². The van der Waals surface area contributed by atoms with Crippen LogP contribution in [0.4, 0.5) is 0 Å². The van der Waals surface area contributed by atoms with Gasteiger partial charge in [0.05, 0.1) is 12.1 Å². The van der Waals surface area contributed by atoms with Gasteiger partial charge in [-0.3, -0.25) is 4.99 Å². The van der Waals surface area contributed by atoms with Gasteiger partial charge in [-0.2, -0.15) is 0 Å². The van der Waals surface area contributed by atoms with E-state index in [0.29, 0.717) is 23.5 Å². The summed E-state index contributed by atoms with van der Waals surface area (Å²) in [5, 5.41) is 7.33. The van der Waals surface area contributed by atoms with Crippen molar-refractivity contribution in [1.29, 1.82) is 0 Å². The van der Waals surface area contributed by atoms with Crippen molar-refractivity contribution in [3.63, 3.8) is 0 Å². The lowest BCUT2D eigenvalue weighted by Crippen LogP contribution is -2.69. The van der Waals surface area contributed by atoms with Crippen molar-refractivity contribution in [1.82, 2.24) is 10.6 Å². The van der Waals surface area contributed by atoms with Crippen LogP contribution < -0.4 is 10.6 Å². The van der Waals surface area contributed by atoms with Crippen LogP contribution >= 0.6 is 24.0 Å². The molecule has 0 amide bonds. The molecule has 1 aromatic rings. The molecule has 3 fully saturated rings. The first-order valence-electron chi connectivity index (χ1n) is 9.41. The van der Waals surface area contributed by atoms with Crippen molar-refractivity contribution >= 4 is 29.9 Å². The van der Waals surface area contributed by atoms with Crippen molar-refractivity contribution in [3.8, 4) is 0 Å². The number of benzene rings is 1. The first-order chi connectivity index (χ1) is 11.7. The molecule has 1 saturated heterocycles. The number of nitrogens with zero attached hydrogens (tertiary/aromatic N) is 1. The molecule has 0 bridgehead atoms. The number of guanidine groups is 1. The van der Waals surface area contributed by atoms with E-state index in [9.17, 15) is 0 Å². The summed E-state index contributed by atoms with van der Waals surface area (Å²) in [5.41, 5.74) is 1.64. The van der Waals surface area contributed by atoms with Gasteiger partial charge in [0.2, 0.25) is 0 Å². The molecule has 1 heterocycles. The second-order valence-corrected chi connectivity index (χ2v) is 7.66. The van der Waals surface area contributed by atoms with Crippen LogP contribution in [0.5, 0.6) is 0 Å². The number of aliphatic imine (C=N–C) groups is 1. The second kappa shape index (κ2) is 7.82. The van der Waals surface area contributed by atoms with Crippen LogP contribution in [-0.2, 0) is 4.74 Å². The number of nitrogens with one attached hydrogen (secondary N) is 2. The van der Waals surface area contributed by atoms with Gasteiger partial charge in [-0.25, -0.2) is 0 Å². The van der Waals surface area contributed by atoms with Gasteiger partial charge in [0, 0.05) is 31.0 Å². The highest BCUT2D eigenvalue weighted by Gasteiger charge is 2.65. The fourth-order valence-electron chi connectivity index (χ4n) is 5.25. The third-order valence-electron chi connectivity index (χ3n) is 6.45. The third kappa shape index (κ3) is 3.29. The Kier molecular flexibility index (Phi) is 5.93. The zero-order valence-corrected chi connectivity index (χ0v) is 17.5. The minimum atomic E-state index is 0. The molecule has 4 nitrogen and oxygen atoms in total. The van der Waals surface area contributed by atoms with Crippen molar-refractivity contribution < 1.29 is 4.74 Å². The molecule has 1 aromatic carbocycles. The Morgan fingerprint density at radius 2 is 1.96 bits per heavy atom. The highest BCUT2D eigenvalue weighted by atomic mass is 127. The fourth-order valence-corrected chi connectivity index (χ4v) is 5.25. The van der Waals surface area contributed by atoms with Gasteiger partial charge in [0.15, 0.2) is 5.96 Å². The van der Waals surface area contributed by atoms with Crippen molar-refractivity contribution in [2.75, 3.05) is 13.7 Å². The maximum Gasteiger partial charge on any atom is 0.191 e. The van der Waals surface area contributed by atoms with E-state index in [1.54, 1.807) is 0 Å². The zero-order chi connectivity index (χ0) is 16.6. The highest BCUT2D eigenvalue weighted by molar-refractivity contribution is 14.0. The number of rotatable bonds is 3. The molecular weight excluding hydrogens is 425 g/mol. The molecule has 25 heavy (non-hydrogen) atoms. The average Bonchev–Trinajstić information content (AvgIpc) is 3.27. The number of fused-ring (bicyclic) bond motifs is 2. The quantitative estimate of drug-likeness (QED) is 0.413. The van der Waals surface area contributed by atoms with Gasteiger partial charge in [-0.05, 0) is 31.7 Å². The number of halogens is 1. The maximum absolute atomic E-state index is 6.09. The zero-order valence-electron chi connectivity index (χ0n) is 15.2. The maximum atomic E-state index is 6.09. The Labute approximate surface area is 168 Å². The second-order valence-electron chi connectivity index (χ2n) is 7.66. The van der Waals surface area contributed by atoms with Crippen LogP contribution in [0.2, 0.25) is 0 Å².